The van der Waals surface area contributed by atoms with E-state index in [2.05, 4.69) is 22.8 Å². The quantitative estimate of drug-likeness (QED) is 0.929. The highest BCUT2D eigenvalue weighted by atomic mass is 16.4. The van der Waals surface area contributed by atoms with Crippen molar-refractivity contribution in [1.29, 1.82) is 0 Å². The summed E-state index contributed by atoms with van der Waals surface area (Å²) >= 11 is 0. The number of nitrogens with zero attached hydrogens (tertiary/aromatic N) is 4. The first-order valence-electron chi connectivity index (χ1n) is 8.03. The zero-order valence-corrected chi connectivity index (χ0v) is 12.7. The Kier molecular flexibility index (Phi) is 4.03. The summed E-state index contributed by atoms with van der Waals surface area (Å²) in [4.78, 5) is 17.8. The molecule has 0 aliphatic carbocycles. The predicted molar refractivity (Wildman–Crippen MR) is 80.1 cm³/mol. The Labute approximate surface area is 125 Å². The molecule has 1 unspecified atom stereocenters. The first-order chi connectivity index (χ1) is 10.2. The van der Waals surface area contributed by atoms with E-state index in [1.54, 1.807) is 4.90 Å². The van der Waals surface area contributed by atoms with E-state index in [1.165, 1.54) is 12.8 Å². The number of hydrogen-bond donors (Lipinski definition) is 1. The lowest BCUT2D eigenvalue weighted by molar-refractivity contribution is 0.102. The van der Waals surface area contributed by atoms with Crippen molar-refractivity contribution < 1.29 is 9.90 Å². The van der Waals surface area contributed by atoms with Crippen molar-refractivity contribution in [3.8, 4) is 0 Å². The van der Waals surface area contributed by atoms with Crippen LogP contribution in [0.25, 0.3) is 0 Å². The maximum atomic E-state index is 11.5. The molecule has 3 heterocycles. The molecule has 1 amide bonds. The minimum absolute atomic E-state index is 0.0999. The highest BCUT2D eigenvalue weighted by Crippen LogP contribution is 2.31. The number of amides is 1. The van der Waals surface area contributed by atoms with E-state index in [0.29, 0.717) is 6.54 Å². The Morgan fingerprint density at radius 3 is 2.67 bits per heavy atom. The van der Waals surface area contributed by atoms with Crippen molar-refractivity contribution in [3.05, 3.63) is 17.7 Å². The number of imidazole rings is 1. The molecule has 2 aliphatic heterocycles. The van der Waals surface area contributed by atoms with Crippen LogP contribution in [-0.4, -0.2) is 45.4 Å². The van der Waals surface area contributed by atoms with Crippen molar-refractivity contribution >= 4 is 6.09 Å². The van der Waals surface area contributed by atoms with Gasteiger partial charge in [-0.2, -0.15) is 0 Å². The maximum absolute atomic E-state index is 11.5. The third kappa shape index (κ3) is 2.71. The molecular weight excluding hydrogens is 268 g/mol. The molecule has 6 heteroatoms. The molecule has 1 N–H and O–H groups in total. The minimum atomic E-state index is -0.825. The first kappa shape index (κ1) is 14.2. The molecule has 0 radical (unpaired) electrons. The molecule has 6 nitrogen and oxygen atoms in total. The first-order valence-corrected chi connectivity index (χ1v) is 8.03. The van der Waals surface area contributed by atoms with Crippen molar-refractivity contribution in [2.24, 2.45) is 0 Å². The second-order valence-corrected chi connectivity index (χ2v) is 5.94. The number of aryl methyl sites for hydroxylation is 1. The lowest BCUT2D eigenvalue weighted by Gasteiger charge is -2.34. The van der Waals surface area contributed by atoms with E-state index in [1.807, 2.05) is 0 Å². The molecule has 2 aliphatic rings. The highest BCUT2D eigenvalue weighted by molar-refractivity contribution is 5.65. The smallest absolute Gasteiger partial charge is 0.407 e. The molecule has 0 saturated carbocycles. The fraction of sp³-hybridized carbons (Fsp3) is 0.733. The van der Waals surface area contributed by atoms with Crippen LogP contribution < -0.4 is 5.01 Å². The average molecular weight is 292 g/mol. The normalized spacial score (nSPS) is 22.8. The van der Waals surface area contributed by atoms with Crippen molar-refractivity contribution in [2.45, 2.75) is 51.5 Å². The van der Waals surface area contributed by atoms with E-state index < -0.39 is 6.09 Å². The zero-order chi connectivity index (χ0) is 14.8. The summed E-state index contributed by atoms with van der Waals surface area (Å²) in [7, 11) is 0. The minimum Gasteiger partial charge on any atom is -0.465 e. The third-order valence-electron chi connectivity index (χ3n) is 4.56. The molecule has 3 rings (SSSR count). The van der Waals surface area contributed by atoms with E-state index in [4.69, 9.17) is 4.98 Å². The SMILES string of the molecule is CCc1cn(N2CCCC2)c(C2CCCCN2C(=O)O)n1. The number of carbonyl (C=O) groups is 1. The van der Waals surface area contributed by atoms with E-state index in [-0.39, 0.29) is 6.04 Å². The van der Waals surface area contributed by atoms with Crippen molar-refractivity contribution in [1.82, 2.24) is 14.6 Å². The molecule has 0 spiro atoms. The Hall–Kier alpha value is -1.72. The summed E-state index contributed by atoms with van der Waals surface area (Å²) < 4.78 is 2.14. The summed E-state index contributed by atoms with van der Waals surface area (Å²) in [5.41, 5.74) is 1.05. The second-order valence-electron chi connectivity index (χ2n) is 5.94. The topological polar surface area (TPSA) is 61.6 Å². The van der Waals surface area contributed by atoms with Gasteiger partial charge in [-0.15, -0.1) is 0 Å². The summed E-state index contributed by atoms with van der Waals surface area (Å²) in [6.07, 6.45) is 7.45. The largest absolute Gasteiger partial charge is 0.465 e. The van der Waals surface area contributed by atoms with Crippen molar-refractivity contribution in [3.63, 3.8) is 0 Å². The van der Waals surface area contributed by atoms with E-state index in [0.717, 1.165) is 50.3 Å². The Balaban J connectivity index is 1.95. The molecule has 1 atom stereocenters. The molecule has 0 aromatic carbocycles. The summed E-state index contributed by atoms with van der Waals surface area (Å²) in [6.45, 7) is 4.78. The summed E-state index contributed by atoms with van der Waals surface area (Å²) in [5, 5.41) is 11.8. The van der Waals surface area contributed by atoms with Crippen LogP contribution in [0.3, 0.4) is 0 Å². The average Bonchev–Trinajstić information content (AvgIpc) is 3.16. The number of rotatable bonds is 3. The number of piperidine rings is 1. The van der Waals surface area contributed by atoms with Gasteiger partial charge in [0, 0.05) is 25.8 Å². The van der Waals surface area contributed by atoms with Crippen molar-refractivity contribution in [2.75, 3.05) is 24.6 Å². The Morgan fingerprint density at radius 2 is 2.00 bits per heavy atom. The lowest BCUT2D eigenvalue weighted by Crippen LogP contribution is -2.41. The van der Waals surface area contributed by atoms with Crippen LogP contribution in [0.5, 0.6) is 0 Å². The van der Waals surface area contributed by atoms with Crippen LogP contribution in [0.2, 0.25) is 0 Å². The molecule has 2 saturated heterocycles. The van der Waals surface area contributed by atoms with Gasteiger partial charge in [-0.05, 0) is 38.5 Å². The van der Waals surface area contributed by atoms with Gasteiger partial charge in [-0.3, -0.25) is 4.90 Å². The highest BCUT2D eigenvalue weighted by Gasteiger charge is 2.32. The van der Waals surface area contributed by atoms with Gasteiger partial charge >= 0.3 is 6.09 Å². The summed E-state index contributed by atoms with van der Waals surface area (Å²) in [5.74, 6) is 0.913. The fourth-order valence-corrected chi connectivity index (χ4v) is 3.40. The molecular formula is C15H24N4O2. The van der Waals surface area contributed by atoms with Gasteiger partial charge in [0.05, 0.1) is 11.7 Å². The second kappa shape index (κ2) is 5.95. The van der Waals surface area contributed by atoms with E-state index in [9.17, 15) is 9.90 Å². The fourth-order valence-electron chi connectivity index (χ4n) is 3.40. The summed E-state index contributed by atoms with van der Waals surface area (Å²) in [6, 6.07) is -0.0999. The van der Waals surface area contributed by atoms with Crippen LogP contribution in [-0.2, 0) is 6.42 Å². The number of aromatic nitrogens is 2. The standard InChI is InChI=1S/C15H24N4O2/c1-2-12-11-19(17-8-5-6-9-17)14(16-12)13-7-3-4-10-18(13)15(20)21/h11,13H,2-10H2,1H3,(H,20,21). The molecule has 1 aromatic heterocycles. The van der Waals surface area contributed by atoms with Gasteiger partial charge in [0.25, 0.3) is 0 Å². The zero-order valence-electron chi connectivity index (χ0n) is 12.7. The lowest BCUT2D eigenvalue weighted by atomic mass is 10.0. The van der Waals surface area contributed by atoms with Gasteiger partial charge in [-0.1, -0.05) is 6.92 Å². The molecule has 2 fully saturated rings. The molecule has 0 bridgehead atoms. The third-order valence-corrected chi connectivity index (χ3v) is 4.56. The van der Waals surface area contributed by atoms with Gasteiger partial charge in [0.15, 0.2) is 5.82 Å². The Bertz CT molecular complexity index is 508. The van der Waals surface area contributed by atoms with Crippen LogP contribution >= 0.6 is 0 Å². The molecule has 21 heavy (non-hydrogen) atoms. The molecule has 116 valence electrons. The van der Waals surface area contributed by atoms with Crippen LogP contribution in [0.1, 0.15) is 56.6 Å². The van der Waals surface area contributed by atoms with Gasteiger partial charge in [0.1, 0.15) is 0 Å². The van der Waals surface area contributed by atoms with Gasteiger partial charge in [-0.25, -0.2) is 14.5 Å². The number of carboxylic acid groups (broad SMARTS) is 1. The van der Waals surface area contributed by atoms with Crippen LogP contribution in [0, 0.1) is 0 Å². The Morgan fingerprint density at radius 1 is 1.29 bits per heavy atom. The number of likely N-dealkylation sites (tertiary alicyclic amines) is 1. The van der Waals surface area contributed by atoms with Gasteiger partial charge in [0.2, 0.25) is 0 Å². The van der Waals surface area contributed by atoms with Crippen LogP contribution in [0.15, 0.2) is 6.20 Å². The van der Waals surface area contributed by atoms with Gasteiger partial charge < -0.3 is 10.1 Å². The predicted octanol–water partition coefficient (Wildman–Crippen LogP) is 2.38. The number of hydrogen-bond acceptors (Lipinski definition) is 3. The van der Waals surface area contributed by atoms with E-state index >= 15 is 0 Å². The van der Waals surface area contributed by atoms with Crippen LogP contribution in [0.4, 0.5) is 4.79 Å². The molecule has 1 aromatic rings. The maximum Gasteiger partial charge on any atom is 0.407 e. The monoisotopic (exact) mass is 292 g/mol.